The summed E-state index contributed by atoms with van der Waals surface area (Å²) in [6.45, 7) is 1.78. The van der Waals surface area contributed by atoms with E-state index in [-0.39, 0.29) is 29.5 Å². The van der Waals surface area contributed by atoms with Crippen LogP contribution in [0.3, 0.4) is 0 Å². The number of non-ortho nitro benzene ring substituents is 1. The second-order valence-electron chi connectivity index (χ2n) is 6.01. The average Bonchev–Trinajstić information content (AvgIpc) is 3.04. The van der Waals surface area contributed by atoms with Crippen LogP contribution in [0.2, 0.25) is 0 Å². The molecule has 0 heterocycles. The summed E-state index contributed by atoms with van der Waals surface area (Å²) in [5.41, 5.74) is 1.96. The van der Waals surface area contributed by atoms with Gasteiger partial charge < -0.3 is 10.1 Å². The van der Waals surface area contributed by atoms with E-state index in [4.69, 9.17) is 4.74 Å². The number of nitro benzene ring substituents is 1. The van der Waals surface area contributed by atoms with Gasteiger partial charge in [-0.1, -0.05) is 24.3 Å². The SMILES string of the molecule is CCOC(=O)c1cc(C(=O)NC2CCc3ccccc32)cc([N+](=O)[O-])c1. The fourth-order valence-corrected chi connectivity index (χ4v) is 3.13. The van der Waals surface area contributed by atoms with Crippen molar-refractivity contribution in [2.75, 3.05) is 6.61 Å². The van der Waals surface area contributed by atoms with E-state index in [0.717, 1.165) is 24.5 Å². The molecule has 1 unspecified atom stereocenters. The van der Waals surface area contributed by atoms with Crippen LogP contribution in [0.5, 0.6) is 0 Å². The smallest absolute Gasteiger partial charge is 0.338 e. The molecule has 2 aromatic rings. The highest BCUT2D eigenvalue weighted by Crippen LogP contribution is 2.31. The number of ether oxygens (including phenoxy) is 1. The van der Waals surface area contributed by atoms with Gasteiger partial charge in [-0.15, -0.1) is 0 Å². The van der Waals surface area contributed by atoms with Gasteiger partial charge in [-0.05, 0) is 37.0 Å². The molecule has 0 bridgehead atoms. The molecule has 0 fully saturated rings. The highest BCUT2D eigenvalue weighted by Gasteiger charge is 2.25. The van der Waals surface area contributed by atoms with E-state index in [9.17, 15) is 19.7 Å². The van der Waals surface area contributed by atoms with Crippen molar-refractivity contribution in [2.24, 2.45) is 0 Å². The van der Waals surface area contributed by atoms with Crippen molar-refractivity contribution in [2.45, 2.75) is 25.8 Å². The van der Waals surface area contributed by atoms with Crippen molar-refractivity contribution in [3.8, 4) is 0 Å². The molecule has 3 rings (SSSR count). The molecule has 1 amide bonds. The molecular weight excluding hydrogens is 336 g/mol. The minimum Gasteiger partial charge on any atom is -0.462 e. The van der Waals surface area contributed by atoms with Crippen molar-refractivity contribution >= 4 is 17.6 Å². The van der Waals surface area contributed by atoms with Gasteiger partial charge in [-0.2, -0.15) is 0 Å². The summed E-state index contributed by atoms with van der Waals surface area (Å²) >= 11 is 0. The van der Waals surface area contributed by atoms with E-state index in [1.165, 1.54) is 17.7 Å². The lowest BCUT2D eigenvalue weighted by atomic mass is 10.1. The maximum Gasteiger partial charge on any atom is 0.338 e. The van der Waals surface area contributed by atoms with Crippen molar-refractivity contribution in [1.29, 1.82) is 0 Å². The van der Waals surface area contributed by atoms with E-state index >= 15 is 0 Å². The maximum absolute atomic E-state index is 12.6. The number of nitrogens with zero attached hydrogens (tertiary/aromatic N) is 1. The van der Waals surface area contributed by atoms with Gasteiger partial charge in [0.15, 0.2) is 0 Å². The Bertz CT molecular complexity index is 878. The lowest BCUT2D eigenvalue weighted by Gasteiger charge is -2.14. The Morgan fingerprint density at radius 3 is 2.69 bits per heavy atom. The molecule has 134 valence electrons. The van der Waals surface area contributed by atoms with Crippen molar-refractivity contribution in [1.82, 2.24) is 5.32 Å². The Labute approximate surface area is 150 Å². The second kappa shape index (κ2) is 7.35. The van der Waals surface area contributed by atoms with Crippen LogP contribution >= 0.6 is 0 Å². The summed E-state index contributed by atoms with van der Waals surface area (Å²) < 4.78 is 4.88. The average molecular weight is 354 g/mol. The predicted molar refractivity (Wildman–Crippen MR) is 94.0 cm³/mol. The topological polar surface area (TPSA) is 98.5 Å². The fourth-order valence-electron chi connectivity index (χ4n) is 3.13. The van der Waals surface area contributed by atoms with Crippen molar-refractivity contribution in [3.63, 3.8) is 0 Å². The molecule has 7 heteroatoms. The molecule has 1 aliphatic carbocycles. The first kappa shape index (κ1) is 17.6. The first-order chi connectivity index (χ1) is 12.5. The van der Waals surface area contributed by atoms with E-state index in [2.05, 4.69) is 5.32 Å². The van der Waals surface area contributed by atoms with Crippen LogP contribution in [0.4, 0.5) is 5.69 Å². The van der Waals surface area contributed by atoms with Crippen LogP contribution in [-0.2, 0) is 11.2 Å². The molecule has 26 heavy (non-hydrogen) atoms. The third-order valence-electron chi connectivity index (χ3n) is 4.34. The van der Waals surface area contributed by atoms with Gasteiger partial charge in [0.1, 0.15) is 0 Å². The summed E-state index contributed by atoms with van der Waals surface area (Å²) in [5.74, 6) is -1.16. The molecule has 0 saturated carbocycles. The number of hydrogen-bond acceptors (Lipinski definition) is 5. The fraction of sp³-hybridized carbons (Fsp3) is 0.263. The van der Waals surface area contributed by atoms with Crippen LogP contribution in [0.15, 0.2) is 42.5 Å². The van der Waals surface area contributed by atoms with E-state index in [1.54, 1.807) is 6.92 Å². The molecule has 0 saturated heterocycles. The van der Waals surface area contributed by atoms with Gasteiger partial charge in [0.25, 0.3) is 11.6 Å². The number of esters is 1. The van der Waals surface area contributed by atoms with Gasteiger partial charge in [-0.3, -0.25) is 14.9 Å². The molecule has 0 aromatic heterocycles. The normalized spacial score (nSPS) is 15.2. The van der Waals surface area contributed by atoms with Crippen LogP contribution in [-0.4, -0.2) is 23.4 Å². The molecule has 0 aliphatic heterocycles. The number of aryl methyl sites for hydroxylation is 1. The van der Waals surface area contributed by atoms with Crippen LogP contribution in [0, 0.1) is 10.1 Å². The summed E-state index contributed by atoms with van der Waals surface area (Å²) in [5, 5.41) is 14.0. The Hall–Kier alpha value is -3.22. The first-order valence-corrected chi connectivity index (χ1v) is 8.35. The van der Waals surface area contributed by atoms with Crippen LogP contribution in [0.1, 0.15) is 51.2 Å². The first-order valence-electron chi connectivity index (χ1n) is 8.35. The van der Waals surface area contributed by atoms with E-state index in [1.807, 2.05) is 24.3 Å². The highest BCUT2D eigenvalue weighted by atomic mass is 16.6. The summed E-state index contributed by atoms with van der Waals surface area (Å²) in [7, 11) is 0. The minimum atomic E-state index is -0.698. The van der Waals surface area contributed by atoms with Gasteiger partial charge in [-0.25, -0.2) is 4.79 Å². The van der Waals surface area contributed by atoms with Crippen LogP contribution < -0.4 is 5.32 Å². The lowest BCUT2D eigenvalue weighted by Crippen LogP contribution is -2.27. The largest absolute Gasteiger partial charge is 0.462 e. The lowest BCUT2D eigenvalue weighted by molar-refractivity contribution is -0.384. The summed E-state index contributed by atoms with van der Waals surface area (Å²) in [6.07, 6.45) is 1.63. The number of amides is 1. The monoisotopic (exact) mass is 354 g/mol. The maximum atomic E-state index is 12.6. The van der Waals surface area contributed by atoms with Gasteiger partial charge in [0.2, 0.25) is 0 Å². The molecule has 0 spiro atoms. The minimum absolute atomic E-state index is 0.0157. The Morgan fingerprint density at radius 1 is 1.23 bits per heavy atom. The zero-order valence-corrected chi connectivity index (χ0v) is 14.2. The zero-order chi connectivity index (χ0) is 18.7. The van der Waals surface area contributed by atoms with Crippen molar-refractivity contribution in [3.05, 3.63) is 74.8 Å². The number of fused-ring (bicyclic) bond motifs is 1. The zero-order valence-electron chi connectivity index (χ0n) is 14.2. The highest BCUT2D eigenvalue weighted by molar-refractivity contribution is 5.99. The number of carbonyl (C=O) groups is 2. The molecule has 2 aromatic carbocycles. The van der Waals surface area contributed by atoms with Gasteiger partial charge >= 0.3 is 5.97 Å². The molecule has 1 N–H and O–H groups in total. The standard InChI is InChI=1S/C19H18N2O5/c1-2-26-19(23)14-9-13(10-15(11-14)21(24)25)18(22)20-17-8-7-12-5-3-4-6-16(12)17/h3-6,9-11,17H,2,7-8H2,1H3,(H,20,22). The van der Waals surface area contributed by atoms with Gasteiger partial charge in [0, 0.05) is 17.7 Å². The predicted octanol–water partition coefficient (Wildman–Crippen LogP) is 3.19. The van der Waals surface area contributed by atoms with Crippen LogP contribution in [0.25, 0.3) is 0 Å². The third-order valence-corrected chi connectivity index (χ3v) is 4.34. The number of nitro groups is 1. The van der Waals surface area contributed by atoms with E-state index in [0.29, 0.717) is 0 Å². The van der Waals surface area contributed by atoms with Gasteiger partial charge in [0.05, 0.1) is 23.1 Å². The molecule has 1 aliphatic rings. The summed E-state index contributed by atoms with van der Waals surface area (Å²) in [4.78, 5) is 35.1. The Morgan fingerprint density at radius 2 is 1.96 bits per heavy atom. The van der Waals surface area contributed by atoms with Crippen molar-refractivity contribution < 1.29 is 19.2 Å². The molecule has 0 radical (unpaired) electrons. The Kier molecular flexibility index (Phi) is 4.97. The number of hydrogen-bond donors (Lipinski definition) is 1. The molecule has 1 atom stereocenters. The number of nitrogens with one attached hydrogen (secondary N) is 1. The third kappa shape index (κ3) is 3.56. The summed E-state index contributed by atoms with van der Waals surface area (Å²) in [6, 6.07) is 11.3. The number of carbonyl (C=O) groups excluding carboxylic acids is 2. The van der Waals surface area contributed by atoms with E-state index < -0.39 is 16.8 Å². The molecular formula is C19H18N2O5. The number of benzene rings is 2. The second-order valence-corrected chi connectivity index (χ2v) is 6.01. The molecule has 7 nitrogen and oxygen atoms in total. The quantitative estimate of drug-likeness (QED) is 0.505. The number of rotatable bonds is 5. The Balaban J connectivity index is 1.87.